The van der Waals surface area contributed by atoms with E-state index in [0.29, 0.717) is 9.15 Å². The molecule has 1 unspecified atom stereocenters. The lowest BCUT2D eigenvalue weighted by molar-refractivity contribution is -0.136. The molecule has 0 aromatic carbocycles. The van der Waals surface area contributed by atoms with Gasteiger partial charge in [-0.15, -0.1) is 0 Å². The molecule has 100 valence electrons. The number of hydrogen-bond acceptors (Lipinski definition) is 2. The summed E-state index contributed by atoms with van der Waals surface area (Å²) in [6.45, 7) is 6.99. The van der Waals surface area contributed by atoms with Crippen LogP contribution in [0.15, 0.2) is 20.3 Å². The Hall–Kier alpha value is -0.120. The second-order valence-electron chi connectivity index (χ2n) is 4.93. The highest BCUT2D eigenvalue weighted by Gasteiger charge is 2.53. The highest BCUT2D eigenvalue weighted by Crippen LogP contribution is 2.56. The quantitative estimate of drug-likeness (QED) is 0.474. The Bertz CT molecular complexity index is 452. The molecule has 0 bridgehead atoms. The Morgan fingerprint density at radius 2 is 1.44 bits per heavy atom. The maximum atomic E-state index is 11.5. The third-order valence-electron chi connectivity index (χ3n) is 3.62. The van der Waals surface area contributed by atoms with Crippen LogP contribution in [-0.2, 0) is 9.59 Å². The fourth-order valence-electron chi connectivity index (χ4n) is 2.19. The van der Waals surface area contributed by atoms with E-state index in [2.05, 4.69) is 0 Å². The molecule has 0 spiro atoms. The summed E-state index contributed by atoms with van der Waals surface area (Å²) in [5, 5.41) is 18.8. The van der Waals surface area contributed by atoms with Gasteiger partial charge >= 0.3 is 11.9 Å². The molecule has 0 heterocycles. The summed E-state index contributed by atoms with van der Waals surface area (Å²) >= 11 is 3.97. The molecule has 0 saturated carbocycles. The van der Waals surface area contributed by atoms with Gasteiger partial charge in [0.2, 0.25) is 0 Å². The molecular weight excluding hydrogens is 462 g/mol. The molecule has 0 fully saturated rings. The van der Waals surface area contributed by atoms with Gasteiger partial charge in [-0.2, -0.15) is 0 Å². The highest BCUT2D eigenvalue weighted by atomic mass is 127. The molecule has 0 amide bonds. The maximum Gasteiger partial charge on any atom is 0.333 e. The molecule has 1 rings (SSSR count). The Morgan fingerprint density at radius 3 is 1.78 bits per heavy atom. The van der Waals surface area contributed by atoms with Crippen molar-refractivity contribution in [3.8, 4) is 0 Å². The molecule has 0 radical (unpaired) electrons. The van der Waals surface area contributed by atoms with Gasteiger partial charge in [0, 0.05) is 8.99 Å². The third-order valence-corrected chi connectivity index (χ3v) is 6.86. The van der Waals surface area contributed by atoms with Crippen molar-refractivity contribution in [2.45, 2.75) is 31.1 Å². The molecule has 0 aromatic rings. The molecule has 1 aliphatic rings. The minimum absolute atomic E-state index is 0.280. The van der Waals surface area contributed by atoms with E-state index < -0.39 is 20.8 Å². The van der Waals surface area contributed by atoms with Gasteiger partial charge in [-0.1, -0.05) is 36.4 Å². The smallest absolute Gasteiger partial charge is 0.333 e. The Labute approximate surface area is 133 Å². The van der Waals surface area contributed by atoms with Gasteiger partial charge in [0.25, 0.3) is 0 Å². The van der Waals surface area contributed by atoms with E-state index in [1.165, 1.54) is 0 Å². The summed E-state index contributed by atoms with van der Waals surface area (Å²) in [6, 6.07) is 0. The number of alkyl halides is 1. The number of carboxylic acids is 2. The SMILES string of the molecule is CC1=C(C(=O)O)C(C)(I)C(C)(C)C(C(=O)O)=C1I. The Morgan fingerprint density at radius 1 is 1.06 bits per heavy atom. The van der Waals surface area contributed by atoms with Crippen molar-refractivity contribution >= 4 is 57.1 Å². The predicted molar refractivity (Wildman–Crippen MR) is 85.2 cm³/mol. The number of aliphatic carboxylic acids is 2. The first-order valence-electron chi connectivity index (χ1n) is 5.23. The van der Waals surface area contributed by atoms with E-state index in [1.54, 1.807) is 27.7 Å². The van der Waals surface area contributed by atoms with E-state index in [1.807, 2.05) is 45.2 Å². The van der Waals surface area contributed by atoms with Crippen molar-refractivity contribution in [3.63, 3.8) is 0 Å². The number of hydrogen-bond donors (Lipinski definition) is 2. The number of rotatable bonds is 2. The fraction of sp³-hybridized carbons (Fsp3) is 0.500. The normalized spacial score (nSPS) is 27.4. The van der Waals surface area contributed by atoms with E-state index in [0.717, 1.165) is 0 Å². The minimum Gasteiger partial charge on any atom is -0.478 e. The molecule has 6 heteroatoms. The third kappa shape index (κ3) is 2.10. The van der Waals surface area contributed by atoms with Crippen LogP contribution in [0.2, 0.25) is 0 Å². The van der Waals surface area contributed by atoms with Crippen LogP contribution in [0.5, 0.6) is 0 Å². The van der Waals surface area contributed by atoms with Crippen molar-refractivity contribution in [2.75, 3.05) is 0 Å². The molecule has 4 nitrogen and oxygen atoms in total. The Kier molecular flexibility index (Phi) is 4.22. The number of carboxylic acid groups (broad SMARTS) is 2. The average Bonchev–Trinajstić information content (AvgIpc) is 2.13. The zero-order valence-corrected chi connectivity index (χ0v) is 14.8. The van der Waals surface area contributed by atoms with Gasteiger partial charge in [0.05, 0.1) is 14.6 Å². The summed E-state index contributed by atoms with van der Waals surface area (Å²) in [6.07, 6.45) is 0. The zero-order chi connectivity index (χ0) is 14.5. The predicted octanol–water partition coefficient (Wildman–Crippen LogP) is 3.39. The summed E-state index contributed by atoms with van der Waals surface area (Å²) in [5.74, 6) is -1.98. The molecule has 0 saturated heterocycles. The second-order valence-corrected chi connectivity index (χ2v) is 8.16. The van der Waals surface area contributed by atoms with Crippen LogP contribution in [-0.4, -0.2) is 25.6 Å². The van der Waals surface area contributed by atoms with Crippen LogP contribution in [0.25, 0.3) is 0 Å². The van der Waals surface area contributed by atoms with E-state index in [9.17, 15) is 19.8 Å². The largest absolute Gasteiger partial charge is 0.478 e. The molecule has 2 N–H and O–H groups in total. The Balaban J connectivity index is 3.77. The second kappa shape index (κ2) is 4.77. The summed E-state index contributed by atoms with van der Waals surface area (Å²) in [5.41, 5.74) is 0.338. The first kappa shape index (κ1) is 15.9. The lowest BCUT2D eigenvalue weighted by Gasteiger charge is -2.45. The molecule has 18 heavy (non-hydrogen) atoms. The summed E-state index contributed by atoms with van der Waals surface area (Å²) in [4.78, 5) is 22.9. The zero-order valence-electron chi connectivity index (χ0n) is 10.5. The van der Waals surface area contributed by atoms with Crippen molar-refractivity contribution in [1.29, 1.82) is 0 Å². The maximum absolute atomic E-state index is 11.5. The van der Waals surface area contributed by atoms with Gasteiger partial charge in [-0.05, 0) is 42.0 Å². The lowest BCUT2D eigenvalue weighted by Crippen LogP contribution is -2.46. The van der Waals surface area contributed by atoms with Crippen molar-refractivity contribution in [1.82, 2.24) is 0 Å². The monoisotopic (exact) mass is 476 g/mol. The van der Waals surface area contributed by atoms with Gasteiger partial charge in [-0.3, -0.25) is 0 Å². The number of allylic oxidation sites excluding steroid dienone is 2. The standard InChI is InChI=1S/C12H14I2O4/c1-5-6(9(15)16)12(4,14)11(2,3)7(8(5)13)10(17)18/h1-4H3,(H,15,16)(H,17,18). The van der Waals surface area contributed by atoms with E-state index in [4.69, 9.17) is 0 Å². The number of halogens is 2. The molecule has 0 aliphatic heterocycles. The van der Waals surface area contributed by atoms with Gasteiger partial charge < -0.3 is 10.2 Å². The minimum atomic E-state index is -0.990. The van der Waals surface area contributed by atoms with Crippen LogP contribution in [0.3, 0.4) is 0 Å². The molecule has 1 aliphatic carbocycles. The molecular formula is C12H14I2O4. The lowest BCUT2D eigenvalue weighted by atomic mass is 9.66. The van der Waals surface area contributed by atoms with Crippen LogP contribution in [0.4, 0.5) is 0 Å². The fourth-order valence-corrected chi connectivity index (χ4v) is 4.27. The average molecular weight is 476 g/mol. The van der Waals surface area contributed by atoms with Crippen LogP contribution in [0.1, 0.15) is 27.7 Å². The van der Waals surface area contributed by atoms with E-state index in [-0.39, 0.29) is 11.1 Å². The summed E-state index contributed by atoms with van der Waals surface area (Å²) < 4.78 is -0.250. The number of carbonyl (C=O) groups is 2. The van der Waals surface area contributed by atoms with Gasteiger partial charge in [0.15, 0.2) is 0 Å². The highest BCUT2D eigenvalue weighted by molar-refractivity contribution is 14.1. The van der Waals surface area contributed by atoms with Gasteiger partial charge in [0.1, 0.15) is 0 Å². The van der Waals surface area contributed by atoms with Crippen molar-refractivity contribution in [2.24, 2.45) is 5.41 Å². The van der Waals surface area contributed by atoms with Crippen LogP contribution in [0, 0.1) is 5.41 Å². The van der Waals surface area contributed by atoms with E-state index >= 15 is 0 Å². The van der Waals surface area contributed by atoms with Crippen molar-refractivity contribution in [3.05, 3.63) is 20.3 Å². The van der Waals surface area contributed by atoms with Crippen molar-refractivity contribution < 1.29 is 19.8 Å². The summed E-state index contributed by atoms with van der Waals surface area (Å²) in [7, 11) is 0. The van der Waals surface area contributed by atoms with Crippen LogP contribution >= 0.6 is 45.2 Å². The topological polar surface area (TPSA) is 74.6 Å². The molecule has 0 aromatic heterocycles. The molecule has 1 atom stereocenters. The van der Waals surface area contributed by atoms with Gasteiger partial charge in [-0.25, -0.2) is 9.59 Å². The van der Waals surface area contributed by atoms with Crippen LogP contribution < -0.4 is 0 Å². The first-order chi connectivity index (χ1) is 7.96. The first-order valence-corrected chi connectivity index (χ1v) is 7.39.